The number of hydrogen-bond acceptors (Lipinski definition) is 3. The molecule has 0 radical (unpaired) electrons. The molecule has 1 rings (SSSR count). The predicted molar refractivity (Wildman–Crippen MR) is 71.2 cm³/mol. The number of allylic oxidation sites excluding steroid dienone is 1. The first-order chi connectivity index (χ1) is 8.78. The zero-order valence-electron chi connectivity index (χ0n) is 11.0. The lowest BCUT2D eigenvalue weighted by Gasteiger charge is -2.18. The molecule has 1 aromatic carbocycles. The zero-order chi connectivity index (χ0) is 14.5. The number of nitrogens with one attached hydrogen (secondary N) is 1. The van der Waals surface area contributed by atoms with Crippen molar-refractivity contribution in [2.75, 3.05) is 0 Å². The summed E-state index contributed by atoms with van der Waals surface area (Å²) in [5.41, 5.74) is 0.130. The topological polar surface area (TPSA) is 88.0 Å². The van der Waals surface area contributed by atoms with Crippen molar-refractivity contribution in [3.63, 3.8) is 0 Å². The van der Waals surface area contributed by atoms with E-state index in [2.05, 4.69) is 0 Å². The molecule has 0 saturated carbocycles. The van der Waals surface area contributed by atoms with Crippen molar-refractivity contribution in [2.45, 2.75) is 26.9 Å². The Kier molecular flexibility index (Phi) is 5.42. The molecule has 0 spiro atoms. The third-order valence-electron chi connectivity index (χ3n) is 1.92. The van der Waals surface area contributed by atoms with Crippen molar-refractivity contribution in [3.8, 4) is 5.75 Å². The molecule has 0 bridgehead atoms. The molecular weight excluding hydrogens is 269 g/mol. The van der Waals surface area contributed by atoms with Crippen LogP contribution in [0.3, 0.4) is 0 Å². The van der Waals surface area contributed by atoms with Gasteiger partial charge < -0.3 is 19.3 Å². The Morgan fingerprint density at radius 2 is 1.84 bits per heavy atom. The highest BCUT2D eigenvalue weighted by Crippen LogP contribution is 2.31. The first-order valence-electron chi connectivity index (χ1n) is 5.72. The molecule has 0 aliphatic carbocycles. The lowest BCUT2D eigenvalue weighted by Crippen LogP contribution is -2.16. The highest BCUT2D eigenvalue weighted by molar-refractivity contribution is 7.49. The van der Waals surface area contributed by atoms with Gasteiger partial charge in [0, 0.05) is 0 Å². The van der Waals surface area contributed by atoms with Gasteiger partial charge in [-0.15, -0.1) is 0 Å². The molecular formula is C12H18NO5P. The molecule has 1 aromatic rings. The van der Waals surface area contributed by atoms with Crippen molar-refractivity contribution in [3.05, 3.63) is 42.0 Å². The average molecular weight is 287 g/mol. The van der Waals surface area contributed by atoms with Crippen LogP contribution in [0.15, 0.2) is 42.0 Å². The largest absolute Gasteiger partial charge is 0.461 e. The van der Waals surface area contributed by atoms with Crippen molar-refractivity contribution in [1.29, 1.82) is 0 Å². The molecule has 0 atom stereocenters. The van der Waals surface area contributed by atoms with E-state index in [-0.39, 0.29) is 17.7 Å². The summed E-state index contributed by atoms with van der Waals surface area (Å²) in [4.78, 5) is 17.8. The molecule has 0 aliphatic rings. The van der Waals surface area contributed by atoms with Gasteiger partial charge >= 0.3 is 13.7 Å². The maximum Gasteiger partial charge on any atom is 0.427 e. The molecule has 3 N–H and O–H groups in total. The second-order valence-electron chi connectivity index (χ2n) is 4.15. The molecule has 6 nitrogen and oxygen atoms in total. The number of rotatable bonds is 6. The van der Waals surface area contributed by atoms with Crippen LogP contribution in [0.1, 0.15) is 20.8 Å². The third-order valence-corrected chi connectivity index (χ3v) is 2.54. The Hall–Kier alpha value is -1.49. The SMILES string of the molecule is CC(NP(=O)(O)O)=C(Oc1ccccc1)OC(C)C. The number of ether oxygens (including phenoxy) is 2. The minimum absolute atomic E-state index is 0.0320. The van der Waals surface area contributed by atoms with E-state index in [9.17, 15) is 4.57 Å². The van der Waals surface area contributed by atoms with Crippen molar-refractivity contribution in [2.24, 2.45) is 0 Å². The van der Waals surface area contributed by atoms with Crippen molar-refractivity contribution < 1.29 is 23.8 Å². The van der Waals surface area contributed by atoms with Gasteiger partial charge in [0.15, 0.2) is 0 Å². The number of para-hydroxylation sites is 1. The zero-order valence-corrected chi connectivity index (χ0v) is 11.9. The lowest BCUT2D eigenvalue weighted by molar-refractivity contribution is 0.0585. The van der Waals surface area contributed by atoms with Gasteiger partial charge in [-0.1, -0.05) is 18.2 Å². The van der Waals surface area contributed by atoms with Crippen LogP contribution in [0.5, 0.6) is 5.75 Å². The molecule has 106 valence electrons. The van der Waals surface area contributed by atoms with Crippen LogP contribution in [0.4, 0.5) is 0 Å². The van der Waals surface area contributed by atoms with Crippen LogP contribution in [-0.4, -0.2) is 15.9 Å². The quantitative estimate of drug-likeness (QED) is 0.550. The minimum Gasteiger partial charge on any atom is -0.461 e. The summed E-state index contributed by atoms with van der Waals surface area (Å²) in [6, 6.07) is 8.84. The Morgan fingerprint density at radius 1 is 1.26 bits per heavy atom. The first-order valence-corrected chi connectivity index (χ1v) is 7.33. The van der Waals surface area contributed by atoms with Gasteiger partial charge in [0.05, 0.1) is 11.8 Å². The van der Waals surface area contributed by atoms with E-state index in [1.54, 1.807) is 38.1 Å². The van der Waals surface area contributed by atoms with E-state index in [1.165, 1.54) is 6.92 Å². The summed E-state index contributed by atoms with van der Waals surface area (Å²) in [5.74, 6) is 0.550. The lowest BCUT2D eigenvalue weighted by atomic mass is 10.3. The Bertz CT molecular complexity index is 480. The summed E-state index contributed by atoms with van der Waals surface area (Å²) in [6.45, 7) is 5.05. The fourth-order valence-corrected chi connectivity index (χ4v) is 1.79. The number of benzene rings is 1. The summed E-state index contributed by atoms with van der Waals surface area (Å²) in [6.07, 6.45) is -0.188. The smallest absolute Gasteiger partial charge is 0.427 e. The van der Waals surface area contributed by atoms with Crippen molar-refractivity contribution >= 4 is 7.75 Å². The van der Waals surface area contributed by atoms with Gasteiger partial charge in [0.2, 0.25) is 0 Å². The van der Waals surface area contributed by atoms with Crippen LogP contribution in [0.25, 0.3) is 0 Å². The van der Waals surface area contributed by atoms with E-state index < -0.39 is 7.75 Å². The van der Waals surface area contributed by atoms with E-state index in [1.807, 2.05) is 11.2 Å². The fourth-order valence-electron chi connectivity index (χ4n) is 1.26. The van der Waals surface area contributed by atoms with Crippen LogP contribution in [-0.2, 0) is 9.30 Å². The van der Waals surface area contributed by atoms with Crippen LogP contribution in [0, 0.1) is 0 Å². The van der Waals surface area contributed by atoms with Crippen molar-refractivity contribution in [1.82, 2.24) is 5.09 Å². The summed E-state index contributed by atoms with van der Waals surface area (Å²) < 4.78 is 21.8. The Labute approximate surface area is 112 Å². The van der Waals surface area contributed by atoms with Gasteiger partial charge in [-0.2, -0.15) is 0 Å². The van der Waals surface area contributed by atoms with Crippen LogP contribution < -0.4 is 9.82 Å². The summed E-state index contributed by atoms with van der Waals surface area (Å²) in [7, 11) is -4.39. The van der Waals surface area contributed by atoms with E-state index in [0.29, 0.717) is 5.75 Å². The molecule has 0 heterocycles. The van der Waals surface area contributed by atoms with Gasteiger partial charge in [-0.3, -0.25) is 5.09 Å². The number of hydrogen-bond donors (Lipinski definition) is 3. The normalized spacial score (nSPS) is 12.9. The van der Waals surface area contributed by atoms with Gasteiger partial charge in [0.1, 0.15) is 5.75 Å². The fraction of sp³-hybridized carbons (Fsp3) is 0.333. The van der Waals surface area contributed by atoms with Crippen LogP contribution >= 0.6 is 7.75 Å². The van der Waals surface area contributed by atoms with Gasteiger partial charge in [-0.25, -0.2) is 4.57 Å². The van der Waals surface area contributed by atoms with E-state index in [4.69, 9.17) is 19.3 Å². The monoisotopic (exact) mass is 287 g/mol. The molecule has 19 heavy (non-hydrogen) atoms. The molecule has 0 amide bonds. The van der Waals surface area contributed by atoms with E-state index >= 15 is 0 Å². The summed E-state index contributed by atoms with van der Waals surface area (Å²) >= 11 is 0. The molecule has 7 heteroatoms. The second-order valence-corrected chi connectivity index (χ2v) is 5.46. The molecule has 0 saturated heterocycles. The maximum absolute atomic E-state index is 10.9. The Morgan fingerprint density at radius 3 is 2.32 bits per heavy atom. The molecule has 0 fully saturated rings. The molecule has 0 aliphatic heterocycles. The minimum atomic E-state index is -4.39. The third kappa shape index (κ3) is 6.29. The molecule has 0 unspecified atom stereocenters. The highest BCUT2D eigenvalue weighted by Gasteiger charge is 2.18. The Balaban J connectivity index is 2.94. The van der Waals surface area contributed by atoms with Crippen LogP contribution in [0.2, 0.25) is 0 Å². The van der Waals surface area contributed by atoms with E-state index in [0.717, 1.165) is 0 Å². The molecule has 0 aromatic heterocycles. The first kappa shape index (κ1) is 15.6. The maximum atomic E-state index is 10.9. The van der Waals surface area contributed by atoms with Gasteiger partial charge in [0.25, 0.3) is 0 Å². The highest BCUT2D eigenvalue weighted by atomic mass is 31.2. The summed E-state index contributed by atoms with van der Waals surface area (Å²) in [5, 5.41) is 2.04. The van der Waals surface area contributed by atoms with Gasteiger partial charge in [-0.05, 0) is 32.9 Å². The standard InChI is InChI=1S/C12H18NO5P/c1-9(2)17-12(10(3)13-19(14,15)16)18-11-7-5-4-6-8-11/h4-9H,1-3H3,(H3,13,14,15,16). The predicted octanol–water partition coefficient (Wildman–Crippen LogP) is 2.36. The second kappa shape index (κ2) is 6.61. The average Bonchev–Trinajstić information content (AvgIpc) is 2.26.